The van der Waals surface area contributed by atoms with Crippen molar-refractivity contribution in [2.24, 2.45) is 0 Å². The molecular weight excluding hydrogens is 256 g/mol. The van der Waals surface area contributed by atoms with Crippen molar-refractivity contribution in [3.05, 3.63) is 29.3 Å². The number of esters is 1. The van der Waals surface area contributed by atoms with Crippen LogP contribution in [0.15, 0.2) is 18.2 Å². The lowest BCUT2D eigenvalue weighted by Gasteiger charge is -2.25. The number of hydrogen-bond acceptors (Lipinski definition) is 4. The van der Waals surface area contributed by atoms with E-state index >= 15 is 0 Å². The molecule has 0 aliphatic rings. The molecule has 1 unspecified atom stereocenters. The van der Waals surface area contributed by atoms with Gasteiger partial charge >= 0.3 is 5.97 Å². The van der Waals surface area contributed by atoms with Crippen molar-refractivity contribution in [2.75, 3.05) is 14.2 Å². The van der Waals surface area contributed by atoms with Crippen molar-refractivity contribution in [1.29, 1.82) is 0 Å². The summed E-state index contributed by atoms with van der Waals surface area (Å²) in [5.41, 5.74) is 0.894. The molecule has 0 saturated heterocycles. The van der Waals surface area contributed by atoms with E-state index in [1.807, 2.05) is 33.8 Å². The molecule has 112 valence electrons. The van der Waals surface area contributed by atoms with Crippen LogP contribution in [-0.4, -0.2) is 26.3 Å². The standard InChI is InChI=1S/C16H24O4/c1-7-11(2)20-15(17)12-8-9-13(14(10-12)18-5)16(3,4)19-6/h8-11H,7H2,1-6H3. The maximum atomic E-state index is 12.0. The summed E-state index contributed by atoms with van der Waals surface area (Å²) in [5, 5.41) is 0. The fourth-order valence-corrected chi connectivity index (χ4v) is 1.76. The molecule has 1 atom stereocenters. The highest BCUT2D eigenvalue weighted by molar-refractivity contribution is 5.90. The van der Waals surface area contributed by atoms with Crippen molar-refractivity contribution < 1.29 is 19.0 Å². The Morgan fingerprint density at radius 2 is 1.95 bits per heavy atom. The van der Waals surface area contributed by atoms with Gasteiger partial charge in [-0.05, 0) is 39.3 Å². The molecule has 0 saturated carbocycles. The van der Waals surface area contributed by atoms with Crippen LogP contribution < -0.4 is 4.74 Å². The summed E-state index contributed by atoms with van der Waals surface area (Å²) in [4.78, 5) is 12.0. The predicted molar refractivity (Wildman–Crippen MR) is 78.2 cm³/mol. The Labute approximate surface area is 121 Å². The minimum atomic E-state index is -0.482. The third kappa shape index (κ3) is 3.73. The molecule has 0 aliphatic carbocycles. The van der Waals surface area contributed by atoms with E-state index in [4.69, 9.17) is 14.2 Å². The van der Waals surface area contributed by atoms with Crippen molar-refractivity contribution in [3.63, 3.8) is 0 Å². The Balaban J connectivity index is 3.07. The lowest BCUT2D eigenvalue weighted by molar-refractivity contribution is 0.0170. The van der Waals surface area contributed by atoms with Gasteiger partial charge in [0.05, 0.1) is 24.4 Å². The zero-order chi connectivity index (χ0) is 15.3. The molecule has 20 heavy (non-hydrogen) atoms. The Morgan fingerprint density at radius 1 is 1.30 bits per heavy atom. The van der Waals surface area contributed by atoms with Crippen LogP contribution in [-0.2, 0) is 15.1 Å². The molecule has 0 N–H and O–H groups in total. The van der Waals surface area contributed by atoms with Crippen LogP contribution >= 0.6 is 0 Å². The molecule has 1 aromatic rings. The van der Waals surface area contributed by atoms with E-state index in [1.54, 1.807) is 26.4 Å². The molecule has 4 nitrogen and oxygen atoms in total. The fraction of sp³-hybridized carbons (Fsp3) is 0.562. The van der Waals surface area contributed by atoms with Crippen molar-refractivity contribution in [1.82, 2.24) is 0 Å². The average Bonchev–Trinajstić information content (AvgIpc) is 2.46. The van der Waals surface area contributed by atoms with E-state index in [1.165, 1.54) is 0 Å². The summed E-state index contributed by atoms with van der Waals surface area (Å²) >= 11 is 0. The second-order valence-corrected chi connectivity index (χ2v) is 5.25. The van der Waals surface area contributed by atoms with Gasteiger partial charge in [0.1, 0.15) is 5.75 Å². The van der Waals surface area contributed by atoms with E-state index in [-0.39, 0.29) is 12.1 Å². The molecule has 0 aliphatic heterocycles. The first-order valence-corrected chi connectivity index (χ1v) is 6.80. The molecule has 1 rings (SSSR count). The van der Waals surface area contributed by atoms with Crippen LogP contribution in [0.4, 0.5) is 0 Å². The molecule has 0 heterocycles. The number of rotatable bonds is 6. The lowest BCUT2D eigenvalue weighted by Crippen LogP contribution is -2.21. The maximum Gasteiger partial charge on any atom is 0.338 e. The van der Waals surface area contributed by atoms with E-state index in [9.17, 15) is 4.79 Å². The van der Waals surface area contributed by atoms with Crippen molar-refractivity contribution in [2.45, 2.75) is 45.8 Å². The topological polar surface area (TPSA) is 44.8 Å². The molecule has 0 aromatic heterocycles. The van der Waals surface area contributed by atoms with Crippen LogP contribution in [0.2, 0.25) is 0 Å². The number of hydrogen-bond donors (Lipinski definition) is 0. The molecule has 1 aromatic carbocycles. The van der Waals surface area contributed by atoms with Crippen molar-refractivity contribution >= 4 is 5.97 Å². The van der Waals surface area contributed by atoms with Gasteiger partial charge in [0, 0.05) is 12.7 Å². The third-order valence-electron chi connectivity index (χ3n) is 3.48. The van der Waals surface area contributed by atoms with Gasteiger partial charge in [-0.15, -0.1) is 0 Å². The number of carbonyl (C=O) groups excluding carboxylic acids is 1. The highest BCUT2D eigenvalue weighted by Crippen LogP contribution is 2.33. The SMILES string of the molecule is CCC(C)OC(=O)c1ccc(C(C)(C)OC)c(OC)c1. The normalized spacial score (nSPS) is 12.9. The van der Waals surface area contributed by atoms with E-state index in [0.717, 1.165) is 12.0 Å². The highest BCUT2D eigenvalue weighted by Gasteiger charge is 2.25. The highest BCUT2D eigenvalue weighted by atomic mass is 16.5. The molecule has 0 radical (unpaired) electrons. The van der Waals surface area contributed by atoms with E-state index in [2.05, 4.69) is 0 Å². The summed E-state index contributed by atoms with van der Waals surface area (Å²) in [5.74, 6) is 0.287. The fourth-order valence-electron chi connectivity index (χ4n) is 1.76. The summed E-state index contributed by atoms with van der Waals surface area (Å²) in [6, 6.07) is 5.28. The van der Waals surface area contributed by atoms with Crippen LogP contribution in [0.1, 0.15) is 50.0 Å². The minimum Gasteiger partial charge on any atom is -0.496 e. The zero-order valence-electron chi connectivity index (χ0n) is 13.1. The quantitative estimate of drug-likeness (QED) is 0.748. The number of benzene rings is 1. The number of ether oxygens (including phenoxy) is 3. The van der Waals surface area contributed by atoms with Gasteiger partial charge in [0.2, 0.25) is 0 Å². The molecule has 0 bridgehead atoms. The first-order chi connectivity index (χ1) is 9.35. The molecular formula is C16H24O4. The Morgan fingerprint density at radius 3 is 2.45 bits per heavy atom. The summed E-state index contributed by atoms with van der Waals surface area (Å²) in [7, 11) is 3.22. The number of carbonyl (C=O) groups is 1. The Hall–Kier alpha value is -1.55. The predicted octanol–water partition coefficient (Wildman–Crippen LogP) is 3.53. The van der Waals surface area contributed by atoms with Gasteiger partial charge < -0.3 is 14.2 Å². The van der Waals surface area contributed by atoms with Crippen LogP contribution in [0.25, 0.3) is 0 Å². The molecule has 4 heteroatoms. The molecule has 0 fully saturated rings. The van der Waals surface area contributed by atoms with E-state index in [0.29, 0.717) is 11.3 Å². The maximum absolute atomic E-state index is 12.0. The second kappa shape index (κ2) is 6.75. The first-order valence-electron chi connectivity index (χ1n) is 6.80. The number of methoxy groups -OCH3 is 2. The first kappa shape index (κ1) is 16.5. The van der Waals surface area contributed by atoms with Crippen LogP contribution in [0.3, 0.4) is 0 Å². The summed E-state index contributed by atoms with van der Waals surface area (Å²) in [6.07, 6.45) is 0.695. The van der Waals surface area contributed by atoms with E-state index < -0.39 is 5.60 Å². The van der Waals surface area contributed by atoms with Gasteiger partial charge in [-0.2, -0.15) is 0 Å². The second-order valence-electron chi connectivity index (χ2n) is 5.25. The Bertz CT molecular complexity index is 466. The summed E-state index contributed by atoms with van der Waals surface area (Å²) in [6.45, 7) is 7.74. The van der Waals surface area contributed by atoms with Gasteiger partial charge in [-0.3, -0.25) is 0 Å². The smallest absolute Gasteiger partial charge is 0.338 e. The van der Waals surface area contributed by atoms with Crippen LogP contribution in [0.5, 0.6) is 5.75 Å². The zero-order valence-corrected chi connectivity index (χ0v) is 13.1. The van der Waals surface area contributed by atoms with Gasteiger partial charge in [0.15, 0.2) is 0 Å². The van der Waals surface area contributed by atoms with Gasteiger partial charge in [-0.1, -0.05) is 13.0 Å². The molecule has 0 spiro atoms. The van der Waals surface area contributed by atoms with Gasteiger partial charge in [0.25, 0.3) is 0 Å². The van der Waals surface area contributed by atoms with Crippen molar-refractivity contribution in [3.8, 4) is 5.75 Å². The minimum absolute atomic E-state index is 0.0939. The van der Waals surface area contributed by atoms with Gasteiger partial charge in [-0.25, -0.2) is 4.79 Å². The average molecular weight is 280 g/mol. The third-order valence-corrected chi connectivity index (χ3v) is 3.48. The van der Waals surface area contributed by atoms with Crippen LogP contribution in [0, 0.1) is 0 Å². The monoisotopic (exact) mass is 280 g/mol. The summed E-state index contributed by atoms with van der Waals surface area (Å²) < 4.78 is 16.1. The molecule has 0 amide bonds. The largest absolute Gasteiger partial charge is 0.496 e. The Kier molecular flexibility index (Phi) is 5.57. The lowest BCUT2D eigenvalue weighted by atomic mass is 9.95.